The molecule has 3 aromatic carbocycles. The van der Waals surface area contributed by atoms with E-state index in [1.807, 2.05) is 60.0 Å². The lowest BCUT2D eigenvalue weighted by Gasteiger charge is -2.24. The molecule has 0 amide bonds. The molecule has 1 aliphatic rings. The quantitative estimate of drug-likeness (QED) is 0.192. The van der Waals surface area contributed by atoms with Crippen molar-refractivity contribution in [3.05, 3.63) is 148 Å². The molecule has 7 nitrogen and oxygen atoms in total. The van der Waals surface area contributed by atoms with Crippen LogP contribution in [0.1, 0.15) is 40.1 Å². The van der Waals surface area contributed by atoms with Crippen molar-refractivity contribution in [1.29, 1.82) is 5.26 Å². The van der Waals surface area contributed by atoms with Gasteiger partial charge in [0.2, 0.25) is 0 Å². The second-order valence-electron chi connectivity index (χ2n) is 9.69. The van der Waals surface area contributed by atoms with Gasteiger partial charge in [-0.15, -0.1) is 11.3 Å². The lowest BCUT2D eigenvalue weighted by molar-refractivity contribution is -0.138. The van der Waals surface area contributed by atoms with Crippen molar-refractivity contribution in [3.63, 3.8) is 0 Å². The van der Waals surface area contributed by atoms with Crippen LogP contribution in [0.2, 0.25) is 5.02 Å². The number of ether oxygens (including phenoxy) is 2. The predicted octanol–water partition coefficient (Wildman–Crippen LogP) is 6.10. The molecule has 0 saturated heterocycles. The molecule has 0 N–H and O–H groups in total. The number of aromatic nitrogens is 1. The second-order valence-corrected chi connectivity index (χ2v) is 12.1. The standard InChI is InChI=1S/C34H24ClN3O4S2/c1-2-41-33(40)29-30(21-9-4-3-5-10-21)37-34-38(31(29)27-13-8-16-43-27)32(39)28(44-34)18-24-17-25(35)14-15-26(24)42-20-23-12-7-6-11-22(23)19-36/h3-18,31H,2,20H2,1H3/b28-18-/t31-/m1/s1. The third-order valence-corrected chi connectivity index (χ3v) is 9.11. The second kappa shape index (κ2) is 12.9. The number of nitriles is 1. The number of nitrogens with zero attached hydrogens (tertiary/aromatic N) is 3. The van der Waals surface area contributed by atoms with Gasteiger partial charge in [-0.1, -0.05) is 77.5 Å². The number of halogens is 1. The summed E-state index contributed by atoms with van der Waals surface area (Å²) in [6.45, 7) is 2.09. The van der Waals surface area contributed by atoms with Crippen LogP contribution in [0, 0.1) is 11.3 Å². The number of fused-ring (bicyclic) bond motifs is 1. The predicted molar refractivity (Wildman–Crippen MR) is 172 cm³/mol. The minimum Gasteiger partial charge on any atom is -0.488 e. The Morgan fingerprint density at radius 3 is 2.64 bits per heavy atom. The molecule has 44 heavy (non-hydrogen) atoms. The van der Waals surface area contributed by atoms with Crippen molar-refractivity contribution in [2.24, 2.45) is 4.99 Å². The summed E-state index contributed by atoms with van der Waals surface area (Å²) in [6, 6.07) is 27.1. The van der Waals surface area contributed by atoms with Crippen molar-refractivity contribution < 1.29 is 14.3 Å². The van der Waals surface area contributed by atoms with Crippen molar-refractivity contribution in [3.8, 4) is 11.8 Å². The number of carbonyl (C=O) groups is 1. The third kappa shape index (κ3) is 5.75. The lowest BCUT2D eigenvalue weighted by atomic mass is 9.97. The number of hydrogen-bond donors (Lipinski definition) is 0. The number of benzene rings is 3. The molecule has 5 aromatic rings. The number of carbonyl (C=O) groups excluding carboxylic acids is 1. The van der Waals surface area contributed by atoms with Gasteiger partial charge < -0.3 is 9.47 Å². The van der Waals surface area contributed by atoms with Crippen LogP contribution < -0.4 is 19.6 Å². The van der Waals surface area contributed by atoms with Crippen molar-refractivity contribution in [1.82, 2.24) is 4.57 Å². The van der Waals surface area contributed by atoms with Crippen LogP contribution in [0.15, 0.2) is 106 Å². The maximum atomic E-state index is 14.2. The van der Waals surface area contributed by atoms with Crippen LogP contribution in [0.25, 0.3) is 11.8 Å². The van der Waals surface area contributed by atoms with Crippen molar-refractivity contribution in [2.75, 3.05) is 6.61 Å². The molecule has 6 rings (SSSR count). The molecule has 1 atom stereocenters. The fourth-order valence-electron chi connectivity index (χ4n) is 4.97. The zero-order valence-corrected chi connectivity index (χ0v) is 25.8. The Hall–Kier alpha value is -4.75. The highest BCUT2D eigenvalue weighted by Gasteiger charge is 2.35. The van der Waals surface area contributed by atoms with E-state index < -0.39 is 12.0 Å². The topological polar surface area (TPSA) is 93.7 Å². The zero-order valence-electron chi connectivity index (χ0n) is 23.4. The van der Waals surface area contributed by atoms with Gasteiger partial charge in [0, 0.05) is 26.6 Å². The van der Waals surface area contributed by atoms with Gasteiger partial charge in [0.05, 0.1) is 34.0 Å². The highest BCUT2D eigenvalue weighted by Crippen LogP contribution is 2.37. The van der Waals surface area contributed by atoms with Gasteiger partial charge in [-0.2, -0.15) is 5.26 Å². The molecule has 0 spiro atoms. The van der Waals surface area contributed by atoms with E-state index in [9.17, 15) is 14.9 Å². The molecule has 218 valence electrons. The first-order chi connectivity index (χ1) is 21.5. The molecular formula is C34H24ClN3O4S2. The summed E-state index contributed by atoms with van der Waals surface area (Å²) in [5.74, 6) is -0.0223. The SMILES string of the molecule is CCOC(=O)C1=C(c2ccccc2)N=c2s/c(=C\c3cc(Cl)ccc3OCc3ccccc3C#N)c(=O)n2[C@@H]1c1cccs1. The number of thiophene rings is 1. The minimum atomic E-state index is -0.722. The summed E-state index contributed by atoms with van der Waals surface area (Å²) in [5.41, 5.74) is 3.08. The Bertz CT molecular complexity index is 2110. The molecule has 0 saturated carbocycles. The summed E-state index contributed by atoms with van der Waals surface area (Å²) in [6.07, 6.45) is 1.73. The molecule has 1 aliphatic heterocycles. The summed E-state index contributed by atoms with van der Waals surface area (Å²) in [4.78, 5) is 33.8. The van der Waals surface area contributed by atoms with Crippen molar-refractivity contribution in [2.45, 2.75) is 19.6 Å². The van der Waals surface area contributed by atoms with E-state index >= 15 is 0 Å². The summed E-state index contributed by atoms with van der Waals surface area (Å²) in [5, 5.41) is 11.9. The number of thiazole rings is 1. The summed E-state index contributed by atoms with van der Waals surface area (Å²) < 4.78 is 13.6. The van der Waals surface area contributed by atoms with Gasteiger partial charge in [0.25, 0.3) is 5.56 Å². The lowest BCUT2D eigenvalue weighted by Crippen LogP contribution is -2.39. The molecule has 3 heterocycles. The first kappa shape index (κ1) is 29.3. The first-order valence-corrected chi connectivity index (χ1v) is 15.8. The average Bonchev–Trinajstić information content (AvgIpc) is 3.69. The highest BCUT2D eigenvalue weighted by atomic mass is 35.5. The fourth-order valence-corrected chi connectivity index (χ4v) is 6.97. The molecule has 0 unspecified atom stereocenters. The van der Waals surface area contributed by atoms with Crippen LogP contribution in [-0.2, 0) is 16.1 Å². The van der Waals surface area contributed by atoms with E-state index in [0.29, 0.717) is 42.5 Å². The number of esters is 1. The van der Waals surface area contributed by atoms with E-state index in [4.69, 9.17) is 26.1 Å². The normalized spacial score (nSPS) is 14.5. The van der Waals surface area contributed by atoms with Gasteiger partial charge in [-0.3, -0.25) is 9.36 Å². The van der Waals surface area contributed by atoms with Gasteiger partial charge in [0.1, 0.15) is 18.4 Å². The smallest absolute Gasteiger partial charge is 0.338 e. The molecule has 2 aromatic heterocycles. The molecule has 0 fully saturated rings. The summed E-state index contributed by atoms with van der Waals surface area (Å²) in [7, 11) is 0. The Morgan fingerprint density at radius 2 is 1.89 bits per heavy atom. The maximum absolute atomic E-state index is 14.2. The van der Waals surface area contributed by atoms with E-state index in [0.717, 1.165) is 16.0 Å². The third-order valence-electron chi connectivity index (χ3n) is 6.97. The van der Waals surface area contributed by atoms with E-state index in [1.54, 1.807) is 47.9 Å². The van der Waals surface area contributed by atoms with Gasteiger partial charge in [-0.05, 0) is 48.7 Å². The van der Waals surface area contributed by atoms with Crippen LogP contribution in [0.4, 0.5) is 0 Å². The Labute approximate surface area is 265 Å². The Balaban J connectivity index is 1.51. The maximum Gasteiger partial charge on any atom is 0.338 e. The van der Waals surface area contributed by atoms with Crippen LogP contribution in [-0.4, -0.2) is 17.1 Å². The van der Waals surface area contributed by atoms with E-state index in [-0.39, 0.29) is 18.8 Å². The van der Waals surface area contributed by atoms with Gasteiger partial charge >= 0.3 is 5.97 Å². The monoisotopic (exact) mass is 637 g/mol. The summed E-state index contributed by atoms with van der Waals surface area (Å²) >= 11 is 9.05. The molecular weight excluding hydrogens is 614 g/mol. The van der Waals surface area contributed by atoms with E-state index in [2.05, 4.69) is 6.07 Å². The first-order valence-electron chi connectivity index (χ1n) is 13.7. The number of rotatable bonds is 8. The highest BCUT2D eigenvalue weighted by molar-refractivity contribution is 7.10. The van der Waals surface area contributed by atoms with Crippen molar-refractivity contribution >= 4 is 52.0 Å². The fraction of sp³-hybridized carbons (Fsp3) is 0.118. The molecule has 10 heteroatoms. The molecule has 0 bridgehead atoms. The molecule has 0 aliphatic carbocycles. The Kier molecular flexibility index (Phi) is 8.57. The van der Waals surface area contributed by atoms with E-state index in [1.165, 1.54) is 22.7 Å². The van der Waals surface area contributed by atoms with Crippen LogP contribution >= 0.6 is 34.3 Å². The minimum absolute atomic E-state index is 0.162. The van der Waals surface area contributed by atoms with Crippen LogP contribution in [0.5, 0.6) is 5.75 Å². The Morgan fingerprint density at radius 1 is 1.09 bits per heavy atom. The number of hydrogen-bond acceptors (Lipinski definition) is 8. The zero-order chi connectivity index (χ0) is 30.6. The van der Waals surface area contributed by atoms with Gasteiger partial charge in [0.15, 0.2) is 4.80 Å². The largest absolute Gasteiger partial charge is 0.488 e. The molecule has 0 radical (unpaired) electrons. The average molecular weight is 638 g/mol. The van der Waals surface area contributed by atoms with Gasteiger partial charge in [-0.25, -0.2) is 9.79 Å². The van der Waals surface area contributed by atoms with Crippen LogP contribution in [0.3, 0.4) is 0 Å².